The summed E-state index contributed by atoms with van der Waals surface area (Å²) in [5.74, 6) is 0.390. The standard InChI is InChI=1S/C29H28F2N2O/c30-26-10-5-23(6-11-26)29(24-7-12-27(31)13-8-24)33-17-15-32(16-18-33)19-20-34-28-14-9-22-3-1-2-4-25(22)21-28/h1-14,21,29H,15-20H2. The molecular formula is C29H28F2N2O. The fourth-order valence-electron chi connectivity index (χ4n) is 4.70. The molecule has 1 saturated heterocycles. The normalized spacial score (nSPS) is 15.1. The maximum atomic E-state index is 13.5. The molecule has 0 amide bonds. The van der Waals surface area contributed by atoms with Gasteiger partial charge in [-0.05, 0) is 58.3 Å². The van der Waals surface area contributed by atoms with Crippen LogP contribution < -0.4 is 4.74 Å². The number of fused-ring (bicyclic) bond motifs is 1. The third-order valence-electron chi connectivity index (χ3n) is 6.54. The minimum absolute atomic E-state index is 0.0304. The van der Waals surface area contributed by atoms with Gasteiger partial charge in [0.1, 0.15) is 24.0 Å². The van der Waals surface area contributed by atoms with Crippen LogP contribution >= 0.6 is 0 Å². The van der Waals surface area contributed by atoms with Crippen LogP contribution in [-0.4, -0.2) is 49.1 Å². The summed E-state index contributed by atoms with van der Waals surface area (Å²) in [7, 11) is 0. The van der Waals surface area contributed by atoms with Crippen molar-refractivity contribution < 1.29 is 13.5 Å². The second-order valence-electron chi connectivity index (χ2n) is 8.74. The molecule has 174 valence electrons. The molecule has 1 aliphatic heterocycles. The molecule has 5 heteroatoms. The Morgan fingerprint density at radius 3 is 1.88 bits per heavy atom. The molecule has 0 bridgehead atoms. The molecule has 1 aliphatic rings. The highest BCUT2D eigenvalue weighted by Crippen LogP contribution is 2.30. The van der Waals surface area contributed by atoms with E-state index in [4.69, 9.17) is 4.74 Å². The number of hydrogen-bond acceptors (Lipinski definition) is 3. The highest BCUT2D eigenvalue weighted by atomic mass is 19.1. The smallest absolute Gasteiger partial charge is 0.123 e. The third kappa shape index (κ3) is 5.27. The molecule has 0 unspecified atom stereocenters. The van der Waals surface area contributed by atoms with E-state index < -0.39 is 0 Å². The van der Waals surface area contributed by atoms with E-state index in [1.54, 1.807) is 0 Å². The zero-order chi connectivity index (χ0) is 23.3. The summed E-state index contributed by atoms with van der Waals surface area (Å²) in [5.41, 5.74) is 2.03. The van der Waals surface area contributed by atoms with Gasteiger partial charge in [0, 0.05) is 32.7 Å². The lowest BCUT2D eigenvalue weighted by atomic mass is 9.96. The molecule has 0 aliphatic carbocycles. The average Bonchev–Trinajstić information content (AvgIpc) is 2.87. The second-order valence-corrected chi connectivity index (χ2v) is 8.74. The molecule has 4 aromatic rings. The Hall–Kier alpha value is -3.28. The van der Waals surface area contributed by atoms with Gasteiger partial charge in [-0.25, -0.2) is 8.78 Å². The van der Waals surface area contributed by atoms with Crippen LogP contribution in [0.25, 0.3) is 10.8 Å². The van der Waals surface area contributed by atoms with Crippen molar-refractivity contribution in [2.75, 3.05) is 39.3 Å². The minimum atomic E-state index is -0.252. The van der Waals surface area contributed by atoms with E-state index in [0.29, 0.717) is 6.61 Å². The minimum Gasteiger partial charge on any atom is -0.492 e. The van der Waals surface area contributed by atoms with Crippen LogP contribution in [0.4, 0.5) is 8.78 Å². The maximum Gasteiger partial charge on any atom is 0.123 e. The van der Waals surface area contributed by atoms with Crippen molar-refractivity contribution in [3.05, 3.63) is 114 Å². The molecule has 0 radical (unpaired) electrons. The molecule has 0 saturated carbocycles. The zero-order valence-corrected chi connectivity index (χ0v) is 19.0. The molecule has 1 heterocycles. The predicted octanol–water partition coefficient (Wildman–Crippen LogP) is 5.90. The molecule has 34 heavy (non-hydrogen) atoms. The first kappa shape index (κ1) is 22.5. The van der Waals surface area contributed by atoms with Crippen molar-refractivity contribution >= 4 is 10.8 Å². The Morgan fingerprint density at radius 1 is 0.676 bits per heavy atom. The highest BCUT2D eigenvalue weighted by molar-refractivity contribution is 5.83. The first-order valence-electron chi connectivity index (χ1n) is 11.7. The van der Waals surface area contributed by atoms with E-state index in [2.05, 4.69) is 34.1 Å². The van der Waals surface area contributed by atoms with Crippen molar-refractivity contribution in [1.82, 2.24) is 9.80 Å². The molecule has 4 aromatic carbocycles. The molecule has 0 aromatic heterocycles. The van der Waals surface area contributed by atoms with Crippen LogP contribution in [0.3, 0.4) is 0 Å². The average molecular weight is 459 g/mol. The van der Waals surface area contributed by atoms with Crippen LogP contribution in [0, 0.1) is 11.6 Å². The maximum absolute atomic E-state index is 13.5. The van der Waals surface area contributed by atoms with Gasteiger partial charge in [-0.2, -0.15) is 0 Å². The van der Waals surface area contributed by atoms with Crippen LogP contribution in [0.15, 0.2) is 91.0 Å². The molecule has 3 nitrogen and oxygen atoms in total. The number of ether oxygens (including phenoxy) is 1. The third-order valence-corrected chi connectivity index (χ3v) is 6.54. The summed E-state index contributed by atoms with van der Waals surface area (Å²) in [6.07, 6.45) is 0. The molecule has 0 atom stereocenters. The van der Waals surface area contributed by atoms with Gasteiger partial charge in [0.25, 0.3) is 0 Å². The first-order valence-corrected chi connectivity index (χ1v) is 11.7. The molecule has 0 spiro atoms. The van der Waals surface area contributed by atoms with Crippen LogP contribution in [0.1, 0.15) is 17.2 Å². The van der Waals surface area contributed by atoms with Crippen LogP contribution in [0.2, 0.25) is 0 Å². The first-order chi connectivity index (χ1) is 16.7. The van der Waals surface area contributed by atoms with E-state index in [1.807, 2.05) is 42.5 Å². The highest BCUT2D eigenvalue weighted by Gasteiger charge is 2.26. The lowest BCUT2D eigenvalue weighted by Gasteiger charge is -2.39. The number of rotatable bonds is 7. The summed E-state index contributed by atoms with van der Waals surface area (Å²) in [6.45, 7) is 5.07. The van der Waals surface area contributed by atoms with Gasteiger partial charge in [-0.15, -0.1) is 0 Å². The summed E-state index contributed by atoms with van der Waals surface area (Å²) in [4.78, 5) is 4.80. The summed E-state index contributed by atoms with van der Waals surface area (Å²) >= 11 is 0. The predicted molar refractivity (Wildman–Crippen MR) is 132 cm³/mol. The van der Waals surface area contributed by atoms with E-state index >= 15 is 0 Å². The fourth-order valence-corrected chi connectivity index (χ4v) is 4.70. The second kappa shape index (κ2) is 10.3. The number of halogens is 2. The molecular weight excluding hydrogens is 430 g/mol. The number of piperazine rings is 1. The van der Waals surface area contributed by atoms with Crippen LogP contribution in [0.5, 0.6) is 5.75 Å². The number of hydrogen-bond donors (Lipinski definition) is 0. The van der Waals surface area contributed by atoms with Gasteiger partial charge in [0.2, 0.25) is 0 Å². The van der Waals surface area contributed by atoms with Crippen molar-refractivity contribution in [3.8, 4) is 5.75 Å². The van der Waals surface area contributed by atoms with Crippen molar-refractivity contribution in [2.24, 2.45) is 0 Å². The summed E-state index contributed by atoms with van der Waals surface area (Å²) in [5, 5.41) is 2.39. The van der Waals surface area contributed by atoms with Crippen LogP contribution in [-0.2, 0) is 0 Å². The van der Waals surface area contributed by atoms with Gasteiger partial charge in [0.15, 0.2) is 0 Å². The Bertz CT molecular complexity index is 1170. The van der Waals surface area contributed by atoms with Gasteiger partial charge >= 0.3 is 0 Å². The van der Waals surface area contributed by atoms with E-state index in [1.165, 1.54) is 35.0 Å². The van der Waals surface area contributed by atoms with Gasteiger partial charge < -0.3 is 4.74 Å². The molecule has 5 rings (SSSR count). The SMILES string of the molecule is Fc1ccc(C(c2ccc(F)cc2)N2CCN(CCOc3ccc4ccccc4c3)CC2)cc1. The lowest BCUT2D eigenvalue weighted by Crippen LogP contribution is -2.48. The zero-order valence-electron chi connectivity index (χ0n) is 19.0. The van der Waals surface area contributed by atoms with Gasteiger partial charge in [-0.1, -0.05) is 54.6 Å². The Kier molecular flexibility index (Phi) is 6.84. The quantitative estimate of drug-likeness (QED) is 0.343. The lowest BCUT2D eigenvalue weighted by molar-refractivity contribution is 0.0977. The van der Waals surface area contributed by atoms with E-state index in [-0.39, 0.29) is 17.7 Å². The Labute approximate surface area is 199 Å². The Balaban J connectivity index is 1.19. The van der Waals surface area contributed by atoms with Crippen molar-refractivity contribution in [1.29, 1.82) is 0 Å². The molecule has 1 fully saturated rings. The largest absolute Gasteiger partial charge is 0.492 e. The fraction of sp³-hybridized carbons (Fsp3) is 0.241. The van der Waals surface area contributed by atoms with Gasteiger partial charge in [-0.3, -0.25) is 9.80 Å². The topological polar surface area (TPSA) is 15.7 Å². The monoisotopic (exact) mass is 458 g/mol. The Morgan fingerprint density at radius 2 is 1.26 bits per heavy atom. The van der Waals surface area contributed by atoms with E-state index in [0.717, 1.165) is 49.6 Å². The summed E-state index contributed by atoms with van der Waals surface area (Å²) in [6, 6.07) is 27.7. The summed E-state index contributed by atoms with van der Waals surface area (Å²) < 4.78 is 33.1. The number of nitrogens with zero attached hydrogens (tertiary/aromatic N) is 2. The number of benzene rings is 4. The van der Waals surface area contributed by atoms with Crippen molar-refractivity contribution in [2.45, 2.75) is 6.04 Å². The van der Waals surface area contributed by atoms with Gasteiger partial charge in [0.05, 0.1) is 6.04 Å². The van der Waals surface area contributed by atoms with E-state index in [9.17, 15) is 8.78 Å². The van der Waals surface area contributed by atoms with Crippen molar-refractivity contribution in [3.63, 3.8) is 0 Å². The molecule has 0 N–H and O–H groups in total.